The summed E-state index contributed by atoms with van der Waals surface area (Å²) in [5.41, 5.74) is 5.95. The second-order valence-corrected chi connectivity index (χ2v) is 5.14. The molecule has 6 heteroatoms. The average Bonchev–Trinajstić information content (AvgIpc) is 2.43. The summed E-state index contributed by atoms with van der Waals surface area (Å²) in [4.78, 5) is 16.4. The molecule has 0 radical (unpaired) electrons. The second kappa shape index (κ2) is 6.67. The molecule has 2 rings (SSSR count). The molecular formula is C14H21FN4O. The number of nitrogens with one attached hydrogen (secondary N) is 1. The minimum Gasteiger partial charge on any atom is -0.399 e. The number of hydrogen-bond donors (Lipinski definition) is 2. The van der Waals surface area contributed by atoms with Gasteiger partial charge in [0.25, 0.3) is 5.91 Å². The second-order valence-electron chi connectivity index (χ2n) is 5.14. The number of hydrogen-bond acceptors (Lipinski definition) is 4. The van der Waals surface area contributed by atoms with Crippen LogP contribution in [-0.4, -0.2) is 62.0 Å². The average molecular weight is 280 g/mol. The van der Waals surface area contributed by atoms with Crippen LogP contribution in [0.25, 0.3) is 0 Å². The fourth-order valence-corrected chi connectivity index (χ4v) is 2.21. The van der Waals surface area contributed by atoms with Gasteiger partial charge in [-0.3, -0.25) is 9.69 Å². The van der Waals surface area contributed by atoms with E-state index in [1.54, 1.807) is 0 Å². The Kier molecular flexibility index (Phi) is 4.92. The van der Waals surface area contributed by atoms with Crippen molar-refractivity contribution in [2.75, 3.05) is 52.0 Å². The lowest BCUT2D eigenvalue weighted by molar-refractivity contribution is 0.0937. The Labute approximate surface area is 118 Å². The standard InChI is InChI=1S/C14H21FN4O/c1-18-6-8-19(9-7-18)5-4-17-14(20)12-10-11(16)2-3-13(12)15/h2-3,10H,4-9,16H2,1H3,(H,17,20). The minimum absolute atomic E-state index is 0.00313. The van der Waals surface area contributed by atoms with Gasteiger partial charge < -0.3 is 16.0 Å². The van der Waals surface area contributed by atoms with Crippen molar-refractivity contribution in [1.82, 2.24) is 15.1 Å². The summed E-state index contributed by atoms with van der Waals surface area (Å²) in [7, 11) is 2.10. The zero-order valence-corrected chi connectivity index (χ0v) is 11.7. The zero-order valence-electron chi connectivity index (χ0n) is 11.7. The van der Waals surface area contributed by atoms with Crippen LogP contribution in [0.3, 0.4) is 0 Å². The number of halogens is 1. The quantitative estimate of drug-likeness (QED) is 0.783. The van der Waals surface area contributed by atoms with Crippen LogP contribution >= 0.6 is 0 Å². The lowest BCUT2D eigenvalue weighted by Crippen LogP contribution is -2.46. The first kappa shape index (κ1) is 14.7. The highest BCUT2D eigenvalue weighted by Crippen LogP contribution is 2.11. The van der Waals surface area contributed by atoms with Crippen LogP contribution in [-0.2, 0) is 0 Å². The molecule has 0 bridgehead atoms. The van der Waals surface area contributed by atoms with E-state index in [-0.39, 0.29) is 5.56 Å². The molecule has 1 aliphatic heterocycles. The number of rotatable bonds is 4. The molecule has 5 nitrogen and oxygen atoms in total. The van der Waals surface area contributed by atoms with Crippen LogP contribution in [0.5, 0.6) is 0 Å². The molecule has 1 heterocycles. The first-order valence-electron chi connectivity index (χ1n) is 6.80. The summed E-state index contributed by atoms with van der Waals surface area (Å²) in [6.45, 7) is 5.37. The van der Waals surface area contributed by atoms with E-state index in [0.29, 0.717) is 12.2 Å². The lowest BCUT2D eigenvalue weighted by Gasteiger charge is -2.32. The molecule has 1 amide bonds. The predicted molar refractivity (Wildman–Crippen MR) is 77.1 cm³/mol. The maximum absolute atomic E-state index is 13.5. The number of anilines is 1. The van der Waals surface area contributed by atoms with Crippen LogP contribution < -0.4 is 11.1 Å². The summed E-state index contributed by atoms with van der Waals surface area (Å²) in [6, 6.07) is 4.02. The molecule has 0 atom stereocenters. The molecule has 110 valence electrons. The van der Waals surface area contributed by atoms with Crippen LogP contribution in [0.4, 0.5) is 10.1 Å². The monoisotopic (exact) mass is 280 g/mol. The van der Waals surface area contributed by atoms with Gasteiger partial charge in [-0.15, -0.1) is 0 Å². The molecule has 20 heavy (non-hydrogen) atoms. The fourth-order valence-electron chi connectivity index (χ4n) is 2.21. The first-order valence-corrected chi connectivity index (χ1v) is 6.80. The van der Waals surface area contributed by atoms with Crippen LogP contribution in [0.2, 0.25) is 0 Å². The van der Waals surface area contributed by atoms with E-state index in [4.69, 9.17) is 5.73 Å². The van der Waals surface area contributed by atoms with Crippen molar-refractivity contribution in [3.05, 3.63) is 29.6 Å². The molecule has 1 aromatic rings. The van der Waals surface area contributed by atoms with Gasteiger partial charge in [0.1, 0.15) is 5.82 Å². The maximum Gasteiger partial charge on any atom is 0.254 e. The Hall–Kier alpha value is -1.66. The number of nitrogens with zero attached hydrogens (tertiary/aromatic N) is 2. The molecule has 3 N–H and O–H groups in total. The third-order valence-corrected chi connectivity index (χ3v) is 3.54. The molecule has 0 unspecified atom stereocenters. The molecular weight excluding hydrogens is 259 g/mol. The van der Waals surface area contributed by atoms with E-state index in [9.17, 15) is 9.18 Å². The van der Waals surface area contributed by atoms with Crippen molar-refractivity contribution >= 4 is 11.6 Å². The first-order chi connectivity index (χ1) is 9.56. The van der Waals surface area contributed by atoms with Gasteiger partial charge in [0.15, 0.2) is 0 Å². The molecule has 0 aromatic heterocycles. The van der Waals surface area contributed by atoms with Gasteiger partial charge in [0.05, 0.1) is 5.56 Å². The molecule has 1 saturated heterocycles. The normalized spacial score (nSPS) is 17.1. The van der Waals surface area contributed by atoms with Crippen LogP contribution in [0.15, 0.2) is 18.2 Å². The van der Waals surface area contributed by atoms with E-state index in [1.807, 2.05) is 0 Å². The van der Waals surface area contributed by atoms with Gasteiger partial charge >= 0.3 is 0 Å². The lowest BCUT2D eigenvalue weighted by atomic mass is 10.2. The third-order valence-electron chi connectivity index (χ3n) is 3.54. The summed E-state index contributed by atoms with van der Waals surface area (Å²) < 4.78 is 13.5. The van der Waals surface area contributed by atoms with E-state index < -0.39 is 11.7 Å². The predicted octanol–water partition coefficient (Wildman–Crippen LogP) is 0.385. The highest BCUT2D eigenvalue weighted by Gasteiger charge is 2.15. The summed E-state index contributed by atoms with van der Waals surface area (Å²) in [5.74, 6) is -0.958. The Morgan fingerprint density at radius 2 is 2.05 bits per heavy atom. The highest BCUT2D eigenvalue weighted by molar-refractivity contribution is 5.95. The summed E-state index contributed by atoms with van der Waals surface area (Å²) in [6.07, 6.45) is 0. The molecule has 1 aliphatic rings. The number of piperazine rings is 1. The van der Waals surface area contributed by atoms with Gasteiger partial charge in [0, 0.05) is 45.0 Å². The van der Waals surface area contributed by atoms with Gasteiger partial charge in [0.2, 0.25) is 0 Å². The van der Waals surface area contributed by atoms with Crippen molar-refractivity contribution in [2.45, 2.75) is 0 Å². The highest BCUT2D eigenvalue weighted by atomic mass is 19.1. The van der Waals surface area contributed by atoms with Crippen LogP contribution in [0.1, 0.15) is 10.4 Å². The maximum atomic E-state index is 13.5. The molecule has 1 fully saturated rings. The Bertz CT molecular complexity index is 472. The van der Waals surface area contributed by atoms with E-state index in [2.05, 4.69) is 22.2 Å². The van der Waals surface area contributed by atoms with Gasteiger partial charge in [-0.1, -0.05) is 0 Å². The Morgan fingerprint density at radius 1 is 1.35 bits per heavy atom. The Balaban J connectivity index is 1.79. The van der Waals surface area contributed by atoms with E-state index >= 15 is 0 Å². The minimum atomic E-state index is -0.545. The van der Waals surface area contributed by atoms with Crippen molar-refractivity contribution in [3.63, 3.8) is 0 Å². The fraction of sp³-hybridized carbons (Fsp3) is 0.500. The number of likely N-dealkylation sites (N-methyl/N-ethyl adjacent to an activating group) is 1. The van der Waals surface area contributed by atoms with Crippen molar-refractivity contribution in [1.29, 1.82) is 0 Å². The molecule has 0 spiro atoms. The third kappa shape index (κ3) is 3.91. The van der Waals surface area contributed by atoms with Crippen molar-refractivity contribution < 1.29 is 9.18 Å². The SMILES string of the molecule is CN1CCN(CCNC(=O)c2cc(N)ccc2F)CC1. The Morgan fingerprint density at radius 3 is 2.75 bits per heavy atom. The van der Waals surface area contributed by atoms with Gasteiger partial charge in [-0.25, -0.2) is 4.39 Å². The van der Waals surface area contributed by atoms with Crippen molar-refractivity contribution in [3.8, 4) is 0 Å². The summed E-state index contributed by atoms with van der Waals surface area (Å²) >= 11 is 0. The number of benzene rings is 1. The largest absolute Gasteiger partial charge is 0.399 e. The molecule has 0 aliphatic carbocycles. The number of amides is 1. The summed E-state index contributed by atoms with van der Waals surface area (Å²) in [5, 5.41) is 2.74. The van der Waals surface area contributed by atoms with E-state index in [1.165, 1.54) is 18.2 Å². The number of nitrogens with two attached hydrogens (primary N) is 1. The number of carbonyl (C=O) groups excluding carboxylic acids is 1. The topological polar surface area (TPSA) is 61.6 Å². The zero-order chi connectivity index (χ0) is 14.5. The molecule has 0 saturated carbocycles. The van der Waals surface area contributed by atoms with E-state index in [0.717, 1.165) is 32.7 Å². The van der Waals surface area contributed by atoms with Gasteiger partial charge in [-0.05, 0) is 25.2 Å². The number of nitrogen functional groups attached to an aromatic ring is 1. The van der Waals surface area contributed by atoms with Gasteiger partial charge in [-0.2, -0.15) is 0 Å². The smallest absolute Gasteiger partial charge is 0.254 e. The van der Waals surface area contributed by atoms with Crippen molar-refractivity contribution in [2.24, 2.45) is 0 Å². The van der Waals surface area contributed by atoms with Crippen LogP contribution in [0, 0.1) is 5.82 Å². The number of carbonyl (C=O) groups is 1. The molecule has 1 aromatic carbocycles.